The number of carbonyl (C=O) groups excluding carboxylic acids is 1. The fourth-order valence-electron chi connectivity index (χ4n) is 2.57. The predicted molar refractivity (Wildman–Crippen MR) is 115 cm³/mol. The van der Waals surface area contributed by atoms with Crippen LogP contribution in [0.3, 0.4) is 0 Å². The van der Waals surface area contributed by atoms with Gasteiger partial charge in [0.15, 0.2) is 16.6 Å². The minimum atomic E-state index is -0.0401. The van der Waals surface area contributed by atoms with Gasteiger partial charge in [-0.15, -0.1) is 23.7 Å². The van der Waals surface area contributed by atoms with Gasteiger partial charge in [0, 0.05) is 25.2 Å². The zero-order valence-electron chi connectivity index (χ0n) is 14.6. The number of fused-ring (bicyclic) bond motifs is 2. The maximum atomic E-state index is 13.1. The van der Waals surface area contributed by atoms with Crippen molar-refractivity contribution in [1.29, 1.82) is 0 Å². The van der Waals surface area contributed by atoms with Gasteiger partial charge in [0.05, 0.1) is 18.9 Å². The number of hydrogen-bond acceptors (Lipinski definition) is 7. The van der Waals surface area contributed by atoms with E-state index < -0.39 is 0 Å². The molecule has 144 valence electrons. The first-order valence-corrected chi connectivity index (χ1v) is 10.4. The number of thiophene rings is 1. The summed E-state index contributed by atoms with van der Waals surface area (Å²) in [6.07, 6.45) is 0. The van der Waals surface area contributed by atoms with Crippen LogP contribution in [0.1, 0.15) is 9.67 Å². The van der Waals surface area contributed by atoms with E-state index >= 15 is 0 Å². The Kier molecular flexibility index (Phi) is 6.27. The number of amides is 1. The molecule has 6 nitrogen and oxygen atoms in total. The highest BCUT2D eigenvalue weighted by Gasteiger charge is 2.24. The van der Waals surface area contributed by atoms with Gasteiger partial charge in [-0.05, 0) is 42.2 Å². The van der Waals surface area contributed by atoms with E-state index in [0.29, 0.717) is 22.3 Å². The summed E-state index contributed by atoms with van der Waals surface area (Å²) in [6.45, 7) is 1.55. The van der Waals surface area contributed by atoms with Crippen LogP contribution in [0.25, 0.3) is 10.2 Å². The molecule has 1 amide bonds. The van der Waals surface area contributed by atoms with Gasteiger partial charge in [-0.2, -0.15) is 0 Å². The lowest BCUT2D eigenvalue weighted by Gasteiger charge is -2.21. The molecule has 1 aliphatic rings. The van der Waals surface area contributed by atoms with Crippen molar-refractivity contribution in [3.8, 4) is 11.5 Å². The average molecular weight is 491 g/mol. The SMILES string of the molecule is CN(C)CCN(C(=O)c1ccc(Br)s1)c1nc2cc3c(cc2s1)OCO3.Cl. The summed E-state index contributed by atoms with van der Waals surface area (Å²) in [5.41, 5.74) is 0.810. The molecule has 3 heterocycles. The van der Waals surface area contributed by atoms with Crippen LogP contribution >= 0.6 is 51.0 Å². The molecule has 1 aromatic carbocycles. The molecular formula is C17H17BrClN3O3S2. The van der Waals surface area contributed by atoms with Crippen molar-refractivity contribution in [2.45, 2.75) is 0 Å². The van der Waals surface area contributed by atoms with Gasteiger partial charge >= 0.3 is 0 Å². The molecule has 27 heavy (non-hydrogen) atoms. The van der Waals surface area contributed by atoms with Crippen LogP contribution in [-0.4, -0.2) is 49.8 Å². The first kappa shape index (κ1) is 20.3. The second-order valence-electron chi connectivity index (χ2n) is 6.03. The monoisotopic (exact) mass is 489 g/mol. The molecule has 0 N–H and O–H groups in total. The number of carbonyl (C=O) groups is 1. The summed E-state index contributed by atoms with van der Waals surface area (Å²) < 4.78 is 12.8. The van der Waals surface area contributed by atoms with Gasteiger partial charge in [0.1, 0.15) is 0 Å². The number of aromatic nitrogens is 1. The molecule has 1 aliphatic heterocycles. The highest BCUT2D eigenvalue weighted by molar-refractivity contribution is 9.11. The number of halogens is 2. The third-order valence-electron chi connectivity index (χ3n) is 3.90. The third-order valence-corrected chi connectivity index (χ3v) is 6.56. The lowest BCUT2D eigenvalue weighted by atomic mass is 10.3. The number of rotatable bonds is 5. The standard InChI is InChI=1S/C17H16BrN3O3S2.ClH/c1-20(2)5-6-21(16(22)13-3-4-15(18)25-13)17-19-10-7-11-12(24-9-23-11)8-14(10)26-17;/h3-4,7-8H,5-6,9H2,1-2H3;1H. The van der Waals surface area contributed by atoms with Crippen molar-refractivity contribution in [1.82, 2.24) is 9.88 Å². The third kappa shape index (κ3) is 4.22. The summed E-state index contributed by atoms with van der Waals surface area (Å²) in [5, 5.41) is 0.681. The van der Waals surface area contributed by atoms with Gasteiger partial charge in [0.2, 0.25) is 6.79 Å². The normalized spacial score (nSPS) is 12.4. The maximum absolute atomic E-state index is 13.1. The molecule has 0 radical (unpaired) electrons. The van der Waals surface area contributed by atoms with Crippen molar-refractivity contribution < 1.29 is 14.3 Å². The molecule has 0 saturated heterocycles. The minimum Gasteiger partial charge on any atom is -0.454 e. The van der Waals surface area contributed by atoms with Gasteiger partial charge in [-0.1, -0.05) is 11.3 Å². The molecule has 3 aromatic rings. The number of thiazole rings is 1. The quantitative estimate of drug-likeness (QED) is 0.528. The lowest BCUT2D eigenvalue weighted by Crippen LogP contribution is -2.36. The van der Waals surface area contributed by atoms with E-state index in [-0.39, 0.29) is 25.1 Å². The summed E-state index contributed by atoms with van der Waals surface area (Å²) in [5.74, 6) is 1.38. The highest BCUT2D eigenvalue weighted by Crippen LogP contribution is 2.40. The number of anilines is 1. The first-order chi connectivity index (χ1) is 12.5. The summed E-state index contributed by atoms with van der Waals surface area (Å²) in [7, 11) is 3.98. The summed E-state index contributed by atoms with van der Waals surface area (Å²) in [4.78, 5) is 22.2. The first-order valence-electron chi connectivity index (χ1n) is 7.93. The van der Waals surface area contributed by atoms with E-state index in [0.717, 1.165) is 26.3 Å². The van der Waals surface area contributed by atoms with Gasteiger partial charge in [-0.3, -0.25) is 9.69 Å². The smallest absolute Gasteiger partial charge is 0.270 e. The Bertz CT molecular complexity index is 935. The largest absolute Gasteiger partial charge is 0.454 e. The molecule has 10 heteroatoms. The van der Waals surface area contributed by atoms with E-state index in [1.165, 1.54) is 22.7 Å². The number of ether oxygens (including phenoxy) is 2. The van der Waals surface area contributed by atoms with Crippen LogP contribution in [0.5, 0.6) is 11.5 Å². The molecule has 4 rings (SSSR count). The number of benzene rings is 1. The van der Waals surface area contributed by atoms with E-state index in [2.05, 4.69) is 20.9 Å². The van der Waals surface area contributed by atoms with Crippen LogP contribution in [0.15, 0.2) is 28.1 Å². The molecule has 2 aromatic heterocycles. The van der Waals surface area contributed by atoms with Gasteiger partial charge in [0.25, 0.3) is 5.91 Å². The van der Waals surface area contributed by atoms with Crippen molar-refractivity contribution in [2.75, 3.05) is 38.9 Å². The van der Waals surface area contributed by atoms with E-state index in [4.69, 9.17) is 9.47 Å². The Morgan fingerprint density at radius 2 is 1.93 bits per heavy atom. The lowest BCUT2D eigenvalue weighted by molar-refractivity contribution is 0.0989. The zero-order chi connectivity index (χ0) is 18.3. The van der Waals surface area contributed by atoms with Crippen LogP contribution < -0.4 is 14.4 Å². The average Bonchev–Trinajstić information content (AvgIpc) is 3.30. The molecule has 0 unspecified atom stereocenters. The van der Waals surface area contributed by atoms with Crippen LogP contribution in [0, 0.1) is 0 Å². The van der Waals surface area contributed by atoms with Crippen molar-refractivity contribution >= 4 is 72.3 Å². The summed E-state index contributed by atoms with van der Waals surface area (Å²) in [6, 6.07) is 7.52. The minimum absolute atomic E-state index is 0. The fraction of sp³-hybridized carbons (Fsp3) is 0.294. The Hall–Kier alpha value is -1.39. The van der Waals surface area contributed by atoms with Crippen LogP contribution in [0.4, 0.5) is 5.13 Å². The highest BCUT2D eigenvalue weighted by atomic mass is 79.9. The molecular weight excluding hydrogens is 474 g/mol. The molecule has 0 aliphatic carbocycles. The predicted octanol–water partition coefficient (Wildman–Crippen LogP) is 4.48. The molecule has 0 atom stereocenters. The van der Waals surface area contributed by atoms with E-state index in [1.807, 2.05) is 43.3 Å². The van der Waals surface area contributed by atoms with E-state index in [9.17, 15) is 4.79 Å². The summed E-state index contributed by atoms with van der Waals surface area (Å²) >= 11 is 6.34. The maximum Gasteiger partial charge on any atom is 0.270 e. The Labute approximate surface area is 179 Å². The van der Waals surface area contributed by atoms with Crippen molar-refractivity contribution in [2.24, 2.45) is 0 Å². The molecule has 0 fully saturated rings. The second-order valence-corrected chi connectivity index (χ2v) is 9.51. The number of likely N-dealkylation sites (N-methyl/N-ethyl adjacent to an activating group) is 1. The molecule has 0 saturated carbocycles. The Balaban J connectivity index is 0.00000210. The van der Waals surface area contributed by atoms with Crippen LogP contribution in [0.2, 0.25) is 0 Å². The molecule has 0 spiro atoms. The van der Waals surface area contributed by atoms with Crippen molar-refractivity contribution in [3.63, 3.8) is 0 Å². The van der Waals surface area contributed by atoms with Crippen LogP contribution in [-0.2, 0) is 0 Å². The number of hydrogen-bond donors (Lipinski definition) is 0. The molecule has 0 bridgehead atoms. The number of nitrogens with zero attached hydrogens (tertiary/aromatic N) is 3. The van der Waals surface area contributed by atoms with Gasteiger partial charge in [-0.25, -0.2) is 4.98 Å². The second kappa shape index (κ2) is 8.32. The topological polar surface area (TPSA) is 54.9 Å². The van der Waals surface area contributed by atoms with Gasteiger partial charge < -0.3 is 14.4 Å². The Morgan fingerprint density at radius 1 is 1.19 bits per heavy atom. The Morgan fingerprint density at radius 3 is 2.59 bits per heavy atom. The van der Waals surface area contributed by atoms with Crippen molar-refractivity contribution in [3.05, 3.63) is 32.9 Å². The zero-order valence-corrected chi connectivity index (χ0v) is 18.6. The van der Waals surface area contributed by atoms with E-state index in [1.54, 1.807) is 4.90 Å². The fourth-order valence-corrected chi connectivity index (χ4v) is 4.90.